The molecule has 1 nitrogen and oxygen atoms in total. The number of hydrogen-bond acceptors (Lipinski definition) is 1. The van der Waals surface area contributed by atoms with Gasteiger partial charge in [-0.05, 0) is 30.7 Å². The van der Waals surface area contributed by atoms with Gasteiger partial charge in [0.2, 0.25) is 0 Å². The molecule has 0 aliphatic rings. The second kappa shape index (κ2) is 5.69. The number of ketones is 1. The van der Waals surface area contributed by atoms with Crippen molar-refractivity contribution < 1.29 is 4.79 Å². The number of rotatable bonds is 5. The van der Waals surface area contributed by atoms with Crippen LogP contribution in [-0.4, -0.2) is 5.78 Å². The Morgan fingerprint density at radius 3 is 2.27 bits per heavy atom. The fraction of sp³-hybridized carbons (Fsp3) is 0.500. The van der Waals surface area contributed by atoms with Crippen LogP contribution in [0.2, 0.25) is 0 Å². The molecule has 0 saturated carbocycles. The molecule has 82 valence electrons. The molecule has 0 heterocycles. The van der Waals surface area contributed by atoms with Gasteiger partial charge in [-0.25, -0.2) is 0 Å². The van der Waals surface area contributed by atoms with Crippen LogP contribution in [0.25, 0.3) is 0 Å². The zero-order valence-electron chi connectivity index (χ0n) is 9.86. The van der Waals surface area contributed by atoms with Crippen molar-refractivity contribution in [1.29, 1.82) is 0 Å². The van der Waals surface area contributed by atoms with Gasteiger partial charge >= 0.3 is 0 Å². The summed E-state index contributed by atoms with van der Waals surface area (Å²) in [6.07, 6.45) is 1.76. The van der Waals surface area contributed by atoms with Gasteiger partial charge in [0.25, 0.3) is 0 Å². The molecule has 0 spiro atoms. The maximum Gasteiger partial charge on any atom is 0.130 e. The smallest absolute Gasteiger partial charge is 0.130 e. The van der Waals surface area contributed by atoms with Gasteiger partial charge in [0.1, 0.15) is 5.78 Å². The highest BCUT2D eigenvalue weighted by Gasteiger charge is 2.14. The monoisotopic (exact) mass is 204 g/mol. The van der Waals surface area contributed by atoms with Crippen molar-refractivity contribution in [3.63, 3.8) is 0 Å². The molecule has 0 aliphatic carbocycles. The lowest BCUT2D eigenvalue weighted by molar-refractivity contribution is -0.117. The molecule has 15 heavy (non-hydrogen) atoms. The Balaban J connectivity index is 2.76. The highest BCUT2D eigenvalue weighted by atomic mass is 16.1. The van der Waals surface area contributed by atoms with Crippen LogP contribution in [0.1, 0.15) is 45.1 Å². The lowest BCUT2D eigenvalue weighted by atomic mass is 9.87. The summed E-state index contributed by atoms with van der Waals surface area (Å²) in [7, 11) is 0. The van der Waals surface area contributed by atoms with Gasteiger partial charge in [0.15, 0.2) is 0 Å². The zero-order valence-corrected chi connectivity index (χ0v) is 9.86. The molecule has 1 heteroatoms. The summed E-state index contributed by atoms with van der Waals surface area (Å²) in [5.41, 5.74) is 1.29. The van der Waals surface area contributed by atoms with Gasteiger partial charge in [-0.1, -0.05) is 44.2 Å². The first-order valence-electron chi connectivity index (χ1n) is 5.64. The highest BCUT2D eigenvalue weighted by molar-refractivity contribution is 5.76. The largest absolute Gasteiger partial charge is 0.300 e. The van der Waals surface area contributed by atoms with Crippen LogP contribution in [0.4, 0.5) is 0 Å². The van der Waals surface area contributed by atoms with E-state index in [0.29, 0.717) is 18.3 Å². The van der Waals surface area contributed by atoms with E-state index in [0.717, 1.165) is 6.42 Å². The Kier molecular flexibility index (Phi) is 4.54. The Hall–Kier alpha value is -1.11. The van der Waals surface area contributed by atoms with E-state index < -0.39 is 0 Å². The molecule has 1 aromatic rings. The molecule has 0 aromatic heterocycles. The van der Waals surface area contributed by atoms with Crippen molar-refractivity contribution in [2.24, 2.45) is 5.92 Å². The molecule has 1 rings (SSSR count). The summed E-state index contributed by atoms with van der Waals surface area (Å²) in [6.45, 7) is 6.09. The lowest BCUT2D eigenvalue weighted by Gasteiger charge is -2.18. The predicted octanol–water partition coefficient (Wildman–Crippen LogP) is 3.80. The van der Waals surface area contributed by atoms with Gasteiger partial charge < -0.3 is 4.79 Å². The van der Waals surface area contributed by atoms with Crippen LogP contribution in [0.5, 0.6) is 0 Å². The number of Topliss-reactive ketones (excluding diaryl/α,β-unsaturated/α-hetero) is 1. The minimum atomic E-state index is 0.282. The van der Waals surface area contributed by atoms with Crippen LogP contribution in [0, 0.1) is 5.92 Å². The molecule has 0 saturated heterocycles. The van der Waals surface area contributed by atoms with E-state index in [4.69, 9.17) is 0 Å². The third-order valence-corrected chi connectivity index (χ3v) is 2.56. The van der Waals surface area contributed by atoms with Crippen LogP contribution >= 0.6 is 0 Å². The summed E-state index contributed by atoms with van der Waals surface area (Å²) >= 11 is 0. The maximum atomic E-state index is 11.2. The van der Waals surface area contributed by atoms with Crippen molar-refractivity contribution in [2.45, 2.75) is 39.5 Å². The standard InChI is InChI=1S/C14H20O/c1-11(2)9-14(10-12(3)15)13-7-5-4-6-8-13/h4-8,11,14H,9-10H2,1-3H3. The topological polar surface area (TPSA) is 17.1 Å². The predicted molar refractivity (Wildman–Crippen MR) is 63.9 cm³/mol. The van der Waals surface area contributed by atoms with Crippen LogP contribution in [-0.2, 0) is 4.79 Å². The number of hydrogen-bond donors (Lipinski definition) is 0. The molecule has 0 fully saturated rings. The third kappa shape index (κ3) is 4.28. The molecular formula is C14H20O. The molecule has 0 bridgehead atoms. The van der Waals surface area contributed by atoms with E-state index in [1.807, 2.05) is 18.2 Å². The maximum absolute atomic E-state index is 11.2. The van der Waals surface area contributed by atoms with Gasteiger partial charge in [-0.3, -0.25) is 0 Å². The average Bonchev–Trinajstić information content (AvgIpc) is 2.17. The quantitative estimate of drug-likeness (QED) is 0.713. The first kappa shape index (κ1) is 12.0. The second-order valence-electron chi connectivity index (χ2n) is 4.64. The van der Waals surface area contributed by atoms with Crippen molar-refractivity contribution in [1.82, 2.24) is 0 Å². The van der Waals surface area contributed by atoms with Crippen molar-refractivity contribution >= 4 is 5.78 Å². The van der Waals surface area contributed by atoms with Gasteiger partial charge in [0, 0.05) is 6.42 Å². The van der Waals surface area contributed by atoms with Crippen molar-refractivity contribution in [3.8, 4) is 0 Å². The van der Waals surface area contributed by atoms with Crippen LogP contribution in [0.3, 0.4) is 0 Å². The number of benzene rings is 1. The Morgan fingerprint density at radius 1 is 1.20 bits per heavy atom. The summed E-state index contributed by atoms with van der Waals surface area (Å²) in [6, 6.07) is 10.3. The summed E-state index contributed by atoms with van der Waals surface area (Å²) in [5.74, 6) is 1.31. The summed E-state index contributed by atoms with van der Waals surface area (Å²) in [5, 5.41) is 0. The molecule has 1 aromatic carbocycles. The Labute approximate surface area is 92.5 Å². The van der Waals surface area contributed by atoms with Gasteiger partial charge in [-0.2, -0.15) is 0 Å². The fourth-order valence-corrected chi connectivity index (χ4v) is 1.98. The van der Waals surface area contributed by atoms with E-state index in [1.165, 1.54) is 5.56 Å². The van der Waals surface area contributed by atoms with E-state index in [-0.39, 0.29) is 5.78 Å². The summed E-state index contributed by atoms with van der Waals surface area (Å²) < 4.78 is 0. The number of carbonyl (C=O) groups excluding carboxylic acids is 1. The molecule has 0 aliphatic heterocycles. The Morgan fingerprint density at radius 2 is 1.80 bits per heavy atom. The molecule has 1 atom stereocenters. The van der Waals surface area contributed by atoms with E-state index in [2.05, 4.69) is 26.0 Å². The average molecular weight is 204 g/mol. The van der Waals surface area contributed by atoms with Crippen LogP contribution < -0.4 is 0 Å². The molecule has 1 unspecified atom stereocenters. The minimum absolute atomic E-state index is 0.282. The van der Waals surface area contributed by atoms with Crippen molar-refractivity contribution in [2.75, 3.05) is 0 Å². The second-order valence-corrected chi connectivity index (χ2v) is 4.64. The van der Waals surface area contributed by atoms with Crippen molar-refractivity contribution in [3.05, 3.63) is 35.9 Å². The normalized spacial score (nSPS) is 12.8. The fourth-order valence-electron chi connectivity index (χ4n) is 1.98. The Bertz CT molecular complexity index is 300. The van der Waals surface area contributed by atoms with E-state index in [1.54, 1.807) is 6.92 Å². The van der Waals surface area contributed by atoms with E-state index >= 15 is 0 Å². The first-order chi connectivity index (χ1) is 7.09. The molecular weight excluding hydrogens is 184 g/mol. The van der Waals surface area contributed by atoms with Gasteiger partial charge in [0.05, 0.1) is 0 Å². The van der Waals surface area contributed by atoms with Crippen LogP contribution in [0.15, 0.2) is 30.3 Å². The zero-order chi connectivity index (χ0) is 11.3. The first-order valence-corrected chi connectivity index (χ1v) is 5.64. The lowest BCUT2D eigenvalue weighted by Crippen LogP contribution is -2.07. The van der Waals surface area contributed by atoms with Gasteiger partial charge in [-0.15, -0.1) is 0 Å². The molecule has 0 N–H and O–H groups in total. The minimum Gasteiger partial charge on any atom is -0.300 e. The number of carbonyl (C=O) groups is 1. The highest BCUT2D eigenvalue weighted by Crippen LogP contribution is 2.27. The summed E-state index contributed by atoms with van der Waals surface area (Å²) in [4.78, 5) is 11.2. The molecule has 0 amide bonds. The molecule has 0 radical (unpaired) electrons. The van der Waals surface area contributed by atoms with E-state index in [9.17, 15) is 4.79 Å². The third-order valence-electron chi connectivity index (χ3n) is 2.56. The SMILES string of the molecule is CC(=O)CC(CC(C)C)c1ccccc1.